The van der Waals surface area contributed by atoms with E-state index in [1.807, 2.05) is 29.2 Å². The molecule has 3 rings (SSSR count). The van der Waals surface area contributed by atoms with Crippen molar-refractivity contribution >= 4 is 35.8 Å². The number of methoxy groups -OCH3 is 2. The van der Waals surface area contributed by atoms with Gasteiger partial charge in [0.05, 0.1) is 14.2 Å². The third-order valence-corrected chi connectivity index (χ3v) is 5.86. The van der Waals surface area contributed by atoms with E-state index >= 15 is 0 Å². The number of ether oxygens (including phenoxy) is 2. The van der Waals surface area contributed by atoms with Crippen LogP contribution in [0.2, 0.25) is 0 Å². The average molecular weight is 566 g/mol. The monoisotopic (exact) mass is 566 g/mol. The van der Waals surface area contributed by atoms with Gasteiger partial charge in [-0.15, -0.1) is 24.0 Å². The zero-order valence-electron chi connectivity index (χ0n) is 19.9. The second kappa shape index (κ2) is 13.3. The predicted molar refractivity (Wildman–Crippen MR) is 143 cm³/mol. The number of fused-ring (bicyclic) bond motifs is 1. The van der Waals surface area contributed by atoms with Gasteiger partial charge in [0.25, 0.3) is 0 Å². The van der Waals surface area contributed by atoms with Gasteiger partial charge in [-0.1, -0.05) is 24.3 Å². The van der Waals surface area contributed by atoms with Crippen LogP contribution in [0.3, 0.4) is 0 Å². The number of aryl methyl sites for hydroxylation is 1. The minimum absolute atomic E-state index is 0. The van der Waals surface area contributed by atoms with Gasteiger partial charge in [0.15, 0.2) is 17.5 Å². The van der Waals surface area contributed by atoms with Crippen LogP contribution in [0.25, 0.3) is 0 Å². The molecule has 0 radical (unpaired) electrons. The molecule has 180 valence electrons. The molecule has 0 saturated carbocycles. The van der Waals surface area contributed by atoms with E-state index in [-0.39, 0.29) is 29.9 Å². The van der Waals surface area contributed by atoms with E-state index < -0.39 is 0 Å². The third kappa shape index (κ3) is 7.25. The Morgan fingerprint density at radius 1 is 1.09 bits per heavy atom. The summed E-state index contributed by atoms with van der Waals surface area (Å²) in [4.78, 5) is 18.9. The highest BCUT2D eigenvalue weighted by Crippen LogP contribution is 2.33. The van der Waals surface area contributed by atoms with Crippen molar-refractivity contribution in [2.75, 3.05) is 34.4 Å². The molecular weight excluding hydrogens is 531 g/mol. The van der Waals surface area contributed by atoms with E-state index in [1.54, 1.807) is 21.3 Å². The number of amides is 1. The third-order valence-electron chi connectivity index (χ3n) is 5.86. The molecule has 0 spiro atoms. The Balaban J connectivity index is 0.00000385. The maximum Gasteiger partial charge on any atom is 0.222 e. The molecule has 2 N–H and O–H groups in total. The van der Waals surface area contributed by atoms with E-state index in [9.17, 15) is 4.79 Å². The molecule has 0 fully saturated rings. The molecule has 0 aliphatic carbocycles. The molecule has 0 bridgehead atoms. The molecule has 33 heavy (non-hydrogen) atoms. The highest BCUT2D eigenvalue weighted by atomic mass is 127. The van der Waals surface area contributed by atoms with Crippen LogP contribution in [0, 0.1) is 6.92 Å². The van der Waals surface area contributed by atoms with Crippen molar-refractivity contribution in [3.63, 3.8) is 0 Å². The van der Waals surface area contributed by atoms with Gasteiger partial charge in [0, 0.05) is 39.6 Å². The molecule has 0 saturated heterocycles. The summed E-state index contributed by atoms with van der Waals surface area (Å²) < 4.78 is 10.8. The first-order valence-corrected chi connectivity index (χ1v) is 11.1. The first-order chi connectivity index (χ1) is 15.5. The van der Waals surface area contributed by atoms with Gasteiger partial charge < -0.3 is 25.0 Å². The first-order valence-electron chi connectivity index (χ1n) is 11.1. The van der Waals surface area contributed by atoms with Crippen LogP contribution >= 0.6 is 24.0 Å². The minimum Gasteiger partial charge on any atom is -0.493 e. The lowest BCUT2D eigenvalue weighted by atomic mass is 9.98. The van der Waals surface area contributed by atoms with Crippen LogP contribution < -0.4 is 20.1 Å². The zero-order valence-corrected chi connectivity index (χ0v) is 22.3. The number of aliphatic imine (C=N–C) groups is 1. The van der Waals surface area contributed by atoms with E-state index in [1.165, 1.54) is 16.7 Å². The number of guanidine groups is 1. The fourth-order valence-electron chi connectivity index (χ4n) is 3.91. The zero-order chi connectivity index (χ0) is 22.9. The van der Waals surface area contributed by atoms with E-state index in [2.05, 4.69) is 34.7 Å². The van der Waals surface area contributed by atoms with Crippen LogP contribution in [-0.4, -0.2) is 51.1 Å². The Kier molecular flexibility index (Phi) is 10.8. The maximum absolute atomic E-state index is 12.7. The first kappa shape index (κ1) is 26.8. The Labute approximate surface area is 214 Å². The van der Waals surface area contributed by atoms with Crippen molar-refractivity contribution in [2.45, 2.75) is 39.3 Å². The van der Waals surface area contributed by atoms with Crippen molar-refractivity contribution in [1.29, 1.82) is 0 Å². The summed E-state index contributed by atoms with van der Waals surface area (Å²) in [7, 11) is 5.03. The van der Waals surface area contributed by atoms with Gasteiger partial charge in [-0.3, -0.25) is 9.79 Å². The molecule has 1 heterocycles. The van der Waals surface area contributed by atoms with Crippen LogP contribution in [0.5, 0.6) is 11.5 Å². The van der Waals surface area contributed by atoms with Crippen LogP contribution in [-0.2, 0) is 24.3 Å². The number of rotatable bonds is 8. The maximum atomic E-state index is 12.7. The number of benzene rings is 2. The van der Waals surface area contributed by atoms with Gasteiger partial charge in [-0.05, 0) is 54.2 Å². The van der Waals surface area contributed by atoms with Crippen molar-refractivity contribution < 1.29 is 14.3 Å². The Bertz CT molecular complexity index is 965. The van der Waals surface area contributed by atoms with Crippen LogP contribution in [0.15, 0.2) is 41.4 Å². The summed E-state index contributed by atoms with van der Waals surface area (Å²) in [5.41, 5.74) is 4.84. The minimum atomic E-state index is 0. The molecule has 7 nitrogen and oxygen atoms in total. The lowest BCUT2D eigenvalue weighted by Crippen LogP contribution is -2.38. The predicted octanol–water partition coefficient (Wildman–Crippen LogP) is 3.66. The van der Waals surface area contributed by atoms with Gasteiger partial charge >= 0.3 is 0 Å². The summed E-state index contributed by atoms with van der Waals surface area (Å²) in [5.74, 6) is 2.36. The topological polar surface area (TPSA) is 75.2 Å². The quantitative estimate of drug-likeness (QED) is 0.221. The Morgan fingerprint density at radius 3 is 2.45 bits per heavy atom. The van der Waals surface area contributed by atoms with Gasteiger partial charge in [-0.2, -0.15) is 0 Å². The molecular formula is C25H35IN4O3. The molecule has 0 aromatic heterocycles. The van der Waals surface area contributed by atoms with Gasteiger partial charge in [0.1, 0.15) is 0 Å². The second-order valence-corrected chi connectivity index (χ2v) is 7.92. The van der Waals surface area contributed by atoms with Crippen molar-refractivity contribution in [3.8, 4) is 11.5 Å². The van der Waals surface area contributed by atoms with Crippen molar-refractivity contribution in [2.24, 2.45) is 4.99 Å². The Hall–Kier alpha value is -2.49. The number of halogens is 1. The standard InChI is InChI=1S/C25H34N4O3.HI/c1-18-8-5-6-9-20(18)16-28-25(26-2)27-12-7-10-24(30)29-13-11-19-14-22(31-3)23(32-4)15-21(19)17-29;/h5-6,8-9,14-15H,7,10-13,16-17H2,1-4H3,(H2,26,27,28);1H. The number of nitrogens with zero attached hydrogens (tertiary/aromatic N) is 2. The molecule has 2 aromatic carbocycles. The van der Waals surface area contributed by atoms with E-state index in [4.69, 9.17) is 9.47 Å². The molecule has 1 aliphatic rings. The second-order valence-electron chi connectivity index (χ2n) is 7.92. The number of carbonyl (C=O) groups is 1. The Morgan fingerprint density at radius 2 is 1.79 bits per heavy atom. The molecule has 0 atom stereocenters. The van der Waals surface area contributed by atoms with Crippen LogP contribution in [0.1, 0.15) is 35.1 Å². The SMILES string of the molecule is CN=C(NCCCC(=O)N1CCc2cc(OC)c(OC)cc2C1)NCc1ccccc1C.I. The number of hydrogen-bond acceptors (Lipinski definition) is 4. The highest BCUT2D eigenvalue weighted by molar-refractivity contribution is 14.0. The normalized spacial score (nSPS) is 13.0. The summed E-state index contributed by atoms with van der Waals surface area (Å²) in [5, 5.41) is 6.63. The molecule has 0 unspecified atom stereocenters. The summed E-state index contributed by atoms with van der Waals surface area (Å²) >= 11 is 0. The van der Waals surface area contributed by atoms with Crippen LogP contribution in [0.4, 0.5) is 0 Å². The highest BCUT2D eigenvalue weighted by Gasteiger charge is 2.22. The molecule has 8 heteroatoms. The number of carbonyl (C=O) groups excluding carboxylic acids is 1. The molecule has 1 amide bonds. The van der Waals surface area contributed by atoms with Crippen molar-refractivity contribution in [1.82, 2.24) is 15.5 Å². The summed E-state index contributed by atoms with van der Waals surface area (Å²) in [6.45, 7) is 4.85. The van der Waals surface area contributed by atoms with E-state index in [0.717, 1.165) is 36.7 Å². The van der Waals surface area contributed by atoms with Crippen molar-refractivity contribution in [3.05, 3.63) is 58.7 Å². The summed E-state index contributed by atoms with van der Waals surface area (Å²) in [6.07, 6.45) is 2.08. The molecule has 2 aromatic rings. The fraction of sp³-hybridized carbons (Fsp3) is 0.440. The van der Waals surface area contributed by atoms with Gasteiger partial charge in [-0.25, -0.2) is 0 Å². The average Bonchev–Trinajstić information content (AvgIpc) is 2.83. The summed E-state index contributed by atoms with van der Waals surface area (Å²) in [6, 6.07) is 12.3. The lowest BCUT2D eigenvalue weighted by molar-refractivity contribution is -0.132. The smallest absolute Gasteiger partial charge is 0.222 e. The van der Waals surface area contributed by atoms with E-state index in [0.29, 0.717) is 31.8 Å². The number of nitrogens with one attached hydrogen (secondary N) is 2. The fourth-order valence-corrected chi connectivity index (χ4v) is 3.91. The number of hydrogen-bond donors (Lipinski definition) is 2. The largest absolute Gasteiger partial charge is 0.493 e. The molecule has 1 aliphatic heterocycles. The lowest BCUT2D eigenvalue weighted by Gasteiger charge is -2.29. The van der Waals surface area contributed by atoms with Gasteiger partial charge in [0.2, 0.25) is 5.91 Å².